The molecule has 0 bridgehead atoms. The van der Waals surface area contributed by atoms with Gasteiger partial charge in [0.1, 0.15) is 17.4 Å². The van der Waals surface area contributed by atoms with Crippen LogP contribution in [-0.4, -0.2) is 10.1 Å². The number of fused-ring (bicyclic) bond motifs is 1. The fourth-order valence-electron chi connectivity index (χ4n) is 3.10. The Bertz CT molecular complexity index is 1230. The molecule has 0 saturated carbocycles. The average Bonchev–Trinajstić information content (AvgIpc) is 2.67. The summed E-state index contributed by atoms with van der Waals surface area (Å²) in [6, 6.07) is 24.2. The molecule has 1 aromatic heterocycles. The Labute approximate surface area is 149 Å². The van der Waals surface area contributed by atoms with Crippen LogP contribution in [0, 0.1) is 11.3 Å². The van der Waals surface area contributed by atoms with Crippen molar-refractivity contribution in [3.05, 3.63) is 88.7 Å². The molecular formula is C22H14N2O2. The third-order valence-electron chi connectivity index (χ3n) is 4.40. The maximum atomic E-state index is 12.5. The van der Waals surface area contributed by atoms with E-state index in [0.29, 0.717) is 16.8 Å². The van der Waals surface area contributed by atoms with Crippen molar-refractivity contribution in [2.45, 2.75) is 0 Å². The molecule has 0 aliphatic carbocycles. The van der Waals surface area contributed by atoms with Crippen LogP contribution in [0.2, 0.25) is 0 Å². The summed E-state index contributed by atoms with van der Waals surface area (Å²) in [4.78, 5) is 15.2. The molecule has 0 fully saturated rings. The summed E-state index contributed by atoms with van der Waals surface area (Å²) in [6.07, 6.45) is 0. The molecule has 0 saturated heterocycles. The van der Waals surface area contributed by atoms with E-state index in [1.165, 1.54) is 6.07 Å². The first-order chi connectivity index (χ1) is 12.7. The summed E-state index contributed by atoms with van der Waals surface area (Å²) in [5, 5.41) is 21.7. The number of hydrogen-bond acceptors (Lipinski definition) is 3. The smallest absolute Gasteiger partial charge is 0.266 e. The summed E-state index contributed by atoms with van der Waals surface area (Å²) >= 11 is 0. The van der Waals surface area contributed by atoms with Gasteiger partial charge in [-0.25, -0.2) is 0 Å². The molecule has 0 spiro atoms. The standard InChI is InChI=1S/C22H14N2O2/c23-13-19-18(17-7-3-4-8-21(17)25)12-20(24-22(19)26)16-10-9-14-5-1-2-6-15(14)11-16/h1-12,25H,(H,24,26). The van der Waals surface area contributed by atoms with E-state index < -0.39 is 5.56 Å². The van der Waals surface area contributed by atoms with Crippen LogP contribution in [0.3, 0.4) is 0 Å². The van der Waals surface area contributed by atoms with Crippen molar-refractivity contribution in [2.24, 2.45) is 0 Å². The lowest BCUT2D eigenvalue weighted by Crippen LogP contribution is -2.12. The molecule has 3 aromatic carbocycles. The molecule has 0 atom stereocenters. The number of para-hydroxylation sites is 1. The highest BCUT2D eigenvalue weighted by Crippen LogP contribution is 2.32. The van der Waals surface area contributed by atoms with Gasteiger partial charge in [0.2, 0.25) is 0 Å². The number of nitrogens with one attached hydrogen (secondary N) is 1. The molecule has 1 heterocycles. The molecule has 0 aliphatic rings. The fourth-order valence-corrected chi connectivity index (χ4v) is 3.10. The van der Waals surface area contributed by atoms with E-state index in [1.54, 1.807) is 24.3 Å². The van der Waals surface area contributed by atoms with Gasteiger partial charge in [-0.1, -0.05) is 54.6 Å². The number of nitrogens with zero attached hydrogens (tertiary/aromatic N) is 1. The Morgan fingerprint density at radius 2 is 1.58 bits per heavy atom. The van der Waals surface area contributed by atoms with Crippen LogP contribution in [0.4, 0.5) is 0 Å². The predicted octanol–water partition coefficient (Wildman–Crippen LogP) is 4.44. The summed E-state index contributed by atoms with van der Waals surface area (Å²) in [5.41, 5.74) is 1.81. The van der Waals surface area contributed by atoms with Gasteiger partial charge in [-0.05, 0) is 34.5 Å². The molecule has 4 heteroatoms. The molecule has 4 rings (SSSR count). The van der Waals surface area contributed by atoms with Gasteiger partial charge < -0.3 is 10.1 Å². The Kier molecular flexibility index (Phi) is 3.75. The lowest BCUT2D eigenvalue weighted by Gasteiger charge is -2.10. The number of phenolic OH excluding ortho intramolecular Hbond substituents is 1. The largest absolute Gasteiger partial charge is 0.507 e. The van der Waals surface area contributed by atoms with Gasteiger partial charge in [-0.15, -0.1) is 0 Å². The SMILES string of the molecule is N#Cc1c(-c2ccccc2O)cc(-c2ccc3ccccc3c2)[nH]c1=O. The van der Waals surface area contributed by atoms with E-state index in [0.717, 1.165) is 16.3 Å². The maximum absolute atomic E-state index is 12.5. The minimum atomic E-state index is -0.476. The lowest BCUT2D eigenvalue weighted by molar-refractivity contribution is 0.477. The molecule has 26 heavy (non-hydrogen) atoms. The normalized spacial score (nSPS) is 10.6. The highest BCUT2D eigenvalue weighted by atomic mass is 16.3. The number of aromatic nitrogens is 1. The van der Waals surface area contributed by atoms with Gasteiger partial charge in [-0.3, -0.25) is 4.79 Å². The second-order valence-electron chi connectivity index (χ2n) is 5.99. The van der Waals surface area contributed by atoms with Crippen molar-refractivity contribution < 1.29 is 5.11 Å². The number of aromatic hydroxyl groups is 1. The second-order valence-corrected chi connectivity index (χ2v) is 5.99. The van der Waals surface area contributed by atoms with Crippen LogP contribution in [0.1, 0.15) is 5.56 Å². The van der Waals surface area contributed by atoms with E-state index in [9.17, 15) is 15.2 Å². The average molecular weight is 338 g/mol. The van der Waals surface area contributed by atoms with Crippen LogP contribution in [0.25, 0.3) is 33.2 Å². The van der Waals surface area contributed by atoms with E-state index in [4.69, 9.17) is 0 Å². The summed E-state index contributed by atoms with van der Waals surface area (Å²) < 4.78 is 0. The van der Waals surface area contributed by atoms with Crippen molar-refractivity contribution in [1.82, 2.24) is 4.98 Å². The highest BCUT2D eigenvalue weighted by molar-refractivity contribution is 5.87. The Morgan fingerprint density at radius 1 is 0.846 bits per heavy atom. The number of aromatic amines is 1. The Balaban J connectivity index is 1.97. The first kappa shape index (κ1) is 15.7. The van der Waals surface area contributed by atoms with Crippen molar-refractivity contribution in [1.29, 1.82) is 5.26 Å². The van der Waals surface area contributed by atoms with E-state index in [1.807, 2.05) is 48.5 Å². The lowest BCUT2D eigenvalue weighted by atomic mass is 9.97. The molecule has 4 aromatic rings. The zero-order valence-electron chi connectivity index (χ0n) is 13.7. The molecule has 0 amide bonds. The number of pyridine rings is 1. The highest BCUT2D eigenvalue weighted by Gasteiger charge is 2.15. The monoisotopic (exact) mass is 338 g/mol. The molecule has 0 aliphatic heterocycles. The van der Waals surface area contributed by atoms with Crippen LogP contribution in [0.15, 0.2) is 77.6 Å². The molecule has 124 valence electrons. The number of H-pyrrole nitrogens is 1. The van der Waals surface area contributed by atoms with Gasteiger partial charge in [-0.2, -0.15) is 5.26 Å². The molecular weight excluding hydrogens is 324 g/mol. The second kappa shape index (κ2) is 6.23. The topological polar surface area (TPSA) is 76.9 Å². The third kappa shape index (κ3) is 2.62. The van der Waals surface area contributed by atoms with Crippen LogP contribution < -0.4 is 5.56 Å². The minimum Gasteiger partial charge on any atom is -0.507 e. The summed E-state index contributed by atoms with van der Waals surface area (Å²) in [5.74, 6) is 0.0269. The van der Waals surface area contributed by atoms with E-state index in [2.05, 4.69) is 4.98 Å². The molecule has 4 nitrogen and oxygen atoms in total. The summed E-state index contributed by atoms with van der Waals surface area (Å²) in [6.45, 7) is 0. The molecule has 0 radical (unpaired) electrons. The number of benzene rings is 3. The zero-order chi connectivity index (χ0) is 18.1. The molecule has 2 N–H and O–H groups in total. The van der Waals surface area contributed by atoms with Crippen LogP contribution >= 0.6 is 0 Å². The third-order valence-corrected chi connectivity index (χ3v) is 4.40. The number of nitriles is 1. The number of hydrogen-bond donors (Lipinski definition) is 2. The van der Waals surface area contributed by atoms with Crippen molar-refractivity contribution in [3.63, 3.8) is 0 Å². The first-order valence-electron chi connectivity index (χ1n) is 8.12. The van der Waals surface area contributed by atoms with Crippen molar-refractivity contribution in [2.75, 3.05) is 0 Å². The van der Waals surface area contributed by atoms with Crippen LogP contribution in [-0.2, 0) is 0 Å². The predicted molar refractivity (Wildman–Crippen MR) is 102 cm³/mol. The van der Waals surface area contributed by atoms with Gasteiger partial charge in [0.25, 0.3) is 5.56 Å². The minimum absolute atomic E-state index is 0.0176. The Hall–Kier alpha value is -3.84. The van der Waals surface area contributed by atoms with Crippen molar-refractivity contribution >= 4 is 10.8 Å². The zero-order valence-corrected chi connectivity index (χ0v) is 13.7. The number of rotatable bonds is 2. The van der Waals surface area contributed by atoms with Gasteiger partial charge in [0, 0.05) is 16.8 Å². The van der Waals surface area contributed by atoms with Gasteiger partial charge in [0.15, 0.2) is 0 Å². The molecule has 0 unspecified atom stereocenters. The Morgan fingerprint density at radius 3 is 2.35 bits per heavy atom. The summed E-state index contributed by atoms with van der Waals surface area (Å²) in [7, 11) is 0. The van der Waals surface area contributed by atoms with Crippen molar-refractivity contribution in [3.8, 4) is 34.2 Å². The first-order valence-corrected chi connectivity index (χ1v) is 8.12. The fraction of sp³-hybridized carbons (Fsp3) is 0. The van der Waals surface area contributed by atoms with E-state index >= 15 is 0 Å². The number of phenols is 1. The van der Waals surface area contributed by atoms with Gasteiger partial charge in [0.05, 0.1) is 0 Å². The van der Waals surface area contributed by atoms with E-state index in [-0.39, 0.29) is 11.3 Å². The maximum Gasteiger partial charge on any atom is 0.266 e. The quantitative estimate of drug-likeness (QED) is 0.567. The van der Waals surface area contributed by atoms with Crippen LogP contribution in [0.5, 0.6) is 5.75 Å². The van der Waals surface area contributed by atoms with Gasteiger partial charge >= 0.3 is 0 Å².